The van der Waals surface area contributed by atoms with Gasteiger partial charge in [0.15, 0.2) is 0 Å². The summed E-state index contributed by atoms with van der Waals surface area (Å²) >= 11 is 0. The minimum atomic E-state index is -2.74. The van der Waals surface area contributed by atoms with Crippen molar-refractivity contribution in [3.05, 3.63) is 36.0 Å². The fourth-order valence-corrected chi connectivity index (χ4v) is 4.11. The van der Waals surface area contributed by atoms with Crippen LogP contribution in [0.2, 0.25) is 0 Å². The van der Waals surface area contributed by atoms with Crippen molar-refractivity contribution in [2.75, 3.05) is 5.32 Å². The van der Waals surface area contributed by atoms with E-state index in [1.54, 1.807) is 38.1 Å². The molecule has 1 aromatic heterocycles. The predicted molar refractivity (Wildman–Crippen MR) is 100 cm³/mol. The van der Waals surface area contributed by atoms with Crippen molar-refractivity contribution in [1.29, 1.82) is 4.78 Å². The number of ether oxygens (including phenoxy) is 1. The Morgan fingerprint density at radius 1 is 1.37 bits per heavy atom. The van der Waals surface area contributed by atoms with Gasteiger partial charge in [-0.1, -0.05) is 0 Å². The Kier molecular flexibility index (Phi) is 5.61. The summed E-state index contributed by atoms with van der Waals surface area (Å²) in [6.07, 6.45) is 1.72. The molecule has 0 unspecified atom stereocenters. The molecule has 2 aromatic rings. The Labute approximate surface area is 158 Å². The lowest BCUT2D eigenvalue weighted by molar-refractivity contribution is 0.0563. The van der Waals surface area contributed by atoms with Crippen LogP contribution in [0.1, 0.15) is 32.3 Å². The molecule has 1 heterocycles. The van der Waals surface area contributed by atoms with Gasteiger partial charge in [-0.15, -0.1) is 0 Å². The van der Waals surface area contributed by atoms with Crippen molar-refractivity contribution in [2.24, 2.45) is 0 Å². The molecule has 7 nitrogen and oxygen atoms in total. The lowest BCUT2D eigenvalue weighted by atomic mass is 10.2. The lowest BCUT2D eigenvalue weighted by Crippen LogP contribution is -2.26. The standard InChI is InChI=1S/C18H23FN4O3S/c1-11(24)12(2)26-17-13(9-19)10-21-18(23-17)22-14-3-5-15(6-4-14)27(20,25)16-7-8-16/h3-6,10-12,16,20,24H,7-9H2,1-2H3,(H,21,22,23)/t11-,12-,27+/m1/s1. The molecule has 0 spiro atoms. The maximum atomic E-state index is 13.1. The zero-order valence-corrected chi connectivity index (χ0v) is 16.0. The fraction of sp³-hybridized carbons (Fsp3) is 0.444. The molecule has 3 N–H and O–H groups in total. The summed E-state index contributed by atoms with van der Waals surface area (Å²) in [7, 11) is -2.74. The van der Waals surface area contributed by atoms with Gasteiger partial charge in [-0.2, -0.15) is 4.98 Å². The number of aromatic nitrogens is 2. The number of alkyl halides is 1. The number of halogens is 1. The molecule has 0 bridgehead atoms. The van der Waals surface area contributed by atoms with Crippen LogP contribution in [0, 0.1) is 4.78 Å². The Balaban J connectivity index is 1.77. The highest BCUT2D eigenvalue weighted by atomic mass is 32.2. The van der Waals surface area contributed by atoms with Crippen molar-refractivity contribution in [1.82, 2.24) is 9.97 Å². The molecule has 1 fully saturated rings. The van der Waals surface area contributed by atoms with Gasteiger partial charge in [0.05, 0.1) is 21.4 Å². The number of hydrogen-bond donors (Lipinski definition) is 3. The molecule has 3 rings (SSSR count). The summed E-state index contributed by atoms with van der Waals surface area (Å²) in [6.45, 7) is 2.46. The number of nitrogens with zero attached hydrogens (tertiary/aromatic N) is 2. The summed E-state index contributed by atoms with van der Waals surface area (Å²) in [5.74, 6) is 0.282. The maximum absolute atomic E-state index is 13.1. The van der Waals surface area contributed by atoms with Crippen molar-refractivity contribution >= 4 is 21.4 Å². The molecule has 3 atom stereocenters. The van der Waals surface area contributed by atoms with Gasteiger partial charge < -0.3 is 15.2 Å². The molecule has 0 amide bonds. The SMILES string of the molecule is C[C@@H](O)[C@@H](C)Oc1nc(Nc2ccc([S@](=N)(=O)C3CC3)cc2)ncc1CF. The topological polar surface area (TPSA) is 108 Å². The first-order chi connectivity index (χ1) is 12.8. The molecule has 0 aliphatic heterocycles. The third kappa shape index (κ3) is 4.54. The second-order valence-electron chi connectivity index (χ2n) is 6.67. The molecule has 0 radical (unpaired) electrons. The van der Waals surface area contributed by atoms with Gasteiger partial charge >= 0.3 is 0 Å². The molecule has 0 saturated heterocycles. The van der Waals surface area contributed by atoms with E-state index < -0.39 is 28.6 Å². The van der Waals surface area contributed by atoms with Gasteiger partial charge in [-0.25, -0.2) is 18.4 Å². The fourth-order valence-electron chi connectivity index (χ4n) is 2.38. The number of hydrogen-bond acceptors (Lipinski definition) is 7. The normalized spacial score (nSPS) is 18.4. The van der Waals surface area contributed by atoms with E-state index >= 15 is 0 Å². The first-order valence-electron chi connectivity index (χ1n) is 8.72. The second kappa shape index (κ2) is 7.77. The number of anilines is 2. The Bertz CT molecular complexity index is 899. The second-order valence-corrected chi connectivity index (χ2v) is 9.01. The highest BCUT2D eigenvalue weighted by Gasteiger charge is 2.33. The summed E-state index contributed by atoms with van der Waals surface area (Å²) in [4.78, 5) is 8.76. The van der Waals surface area contributed by atoms with Gasteiger partial charge in [0, 0.05) is 22.0 Å². The molecule has 27 heavy (non-hydrogen) atoms. The van der Waals surface area contributed by atoms with Crippen molar-refractivity contribution in [3.8, 4) is 5.88 Å². The van der Waals surface area contributed by atoms with E-state index in [1.165, 1.54) is 6.20 Å². The Hall–Kier alpha value is -2.26. The van der Waals surface area contributed by atoms with Crippen molar-refractivity contribution < 1.29 is 18.4 Å². The van der Waals surface area contributed by atoms with Crippen LogP contribution in [-0.4, -0.2) is 36.7 Å². The zero-order valence-electron chi connectivity index (χ0n) is 15.2. The largest absolute Gasteiger partial charge is 0.472 e. The minimum absolute atomic E-state index is 0.0384. The van der Waals surface area contributed by atoms with Gasteiger partial charge in [0.2, 0.25) is 11.8 Å². The molecular weight excluding hydrogens is 371 g/mol. The molecule has 1 saturated carbocycles. The van der Waals surface area contributed by atoms with Crippen LogP contribution >= 0.6 is 0 Å². The average Bonchev–Trinajstić information content (AvgIpc) is 3.48. The van der Waals surface area contributed by atoms with Gasteiger partial charge in [0.1, 0.15) is 12.8 Å². The van der Waals surface area contributed by atoms with Crippen LogP contribution in [0.3, 0.4) is 0 Å². The van der Waals surface area contributed by atoms with E-state index in [1.807, 2.05) is 0 Å². The van der Waals surface area contributed by atoms with Gasteiger partial charge in [-0.3, -0.25) is 0 Å². The number of benzene rings is 1. The van der Waals surface area contributed by atoms with Gasteiger partial charge in [0.25, 0.3) is 0 Å². The number of rotatable bonds is 8. The predicted octanol–water partition coefficient (Wildman–Crippen LogP) is 3.41. The van der Waals surface area contributed by atoms with E-state index in [0.717, 1.165) is 12.8 Å². The van der Waals surface area contributed by atoms with Gasteiger partial charge in [-0.05, 0) is 51.0 Å². The summed E-state index contributed by atoms with van der Waals surface area (Å²) in [6, 6.07) is 6.74. The van der Waals surface area contributed by atoms with Crippen LogP contribution in [0.15, 0.2) is 35.4 Å². The van der Waals surface area contributed by atoms with E-state index in [-0.39, 0.29) is 22.6 Å². The van der Waals surface area contributed by atoms with Crippen LogP contribution in [0.5, 0.6) is 5.88 Å². The van der Waals surface area contributed by atoms with E-state index in [4.69, 9.17) is 9.52 Å². The molecule has 1 aromatic carbocycles. The summed E-state index contributed by atoms with van der Waals surface area (Å²) in [5, 5.41) is 12.5. The summed E-state index contributed by atoms with van der Waals surface area (Å²) < 4.78 is 39.2. The molecular formula is C18H23FN4O3S. The molecule has 146 valence electrons. The number of aliphatic hydroxyl groups excluding tert-OH is 1. The highest BCUT2D eigenvalue weighted by molar-refractivity contribution is 7.93. The van der Waals surface area contributed by atoms with Crippen LogP contribution in [-0.2, 0) is 16.4 Å². The quantitative estimate of drug-likeness (QED) is 0.633. The van der Waals surface area contributed by atoms with Crippen LogP contribution in [0.4, 0.5) is 16.0 Å². The van der Waals surface area contributed by atoms with E-state index in [0.29, 0.717) is 10.6 Å². The zero-order chi connectivity index (χ0) is 19.6. The minimum Gasteiger partial charge on any atom is -0.472 e. The Morgan fingerprint density at radius 2 is 2.04 bits per heavy atom. The molecule has 1 aliphatic rings. The maximum Gasteiger partial charge on any atom is 0.230 e. The highest BCUT2D eigenvalue weighted by Crippen LogP contribution is 2.34. The molecule has 9 heteroatoms. The van der Waals surface area contributed by atoms with Crippen LogP contribution in [0.25, 0.3) is 0 Å². The van der Waals surface area contributed by atoms with E-state index in [2.05, 4.69) is 15.3 Å². The van der Waals surface area contributed by atoms with E-state index in [9.17, 15) is 13.7 Å². The third-order valence-electron chi connectivity index (χ3n) is 4.40. The third-order valence-corrected chi connectivity index (χ3v) is 6.78. The summed E-state index contributed by atoms with van der Waals surface area (Å²) in [5.41, 5.74) is 0.842. The number of aliphatic hydroxyl groups is 1. The lowest BCUT2D eigenvalue weighted by Gasteiger charge is -2.18. The van der Waals surface area contributed by atoms with Crippen molar-refractivity contribution in [2.45, 2.75) is 55.7 Å². The smallest absolute Gasteiger partial charge is 0.230 e. The first kappa shape index (κ1) is 19.5. The molecule has 1 aliphatic carbocycles. The van der Waals surface area contributed by atoms with Crippen LogP contribution < -0.4 is 10.1 Å². The van der Waals surface area contributed by atoms with Crippen molar-refractivity contribution in [3.63, 3.8) is 0 Å². The average molecular weight is 394 g/mol. The first-order valence-corrected chi connectivity index (χ1v) is 10.3. The Morgan fingerprint density at radius 3 is 2.59 bits per heavy atom. The number of nitrogens with one attached hydrogen (secondary N) is 2. The monoisotopic (exact) mass is 394 g/mol.